The molecule has 2 rings (SSSR count). The van der Waals surface area contributed by atoms with E-state index in [2.05, 4.69) is 33.1 Å². The summed E-state index contributed by atoms with van der Waals surface area (Å²) in [7, 11) is 0. The number of nitrogens with one attached hydrogen (secondary N) is 1. The first kappa shape index (κ1) is 15.8. The zero-order chi connectivity index (χ0) is 15.2. The topological polar surface area (TPSA) is 49.3 Å². The van der Waals surface area contributed by atoms with Gasteiger partial charge in [0.1, 0.15) is 6.61 Å². The number of thiophene rings is 1. The van der Waals surface area contributed by atoms with Crippen LogP contribution in [0.4, 0.5) is 0 Å². The fourth-order valence-corrected chi connectivity index (χ4v) is 2.96. The SMILES string of the molecule is CC(NC(=O)c1csc(Br)c1)c1cccc(C#CCO)c1. The van der Waals surface area contributed by atoms with Gasteiger partial charge in [0.2, 0.25) is 0 Å². The maximum atomic E-state index is 12.1. The third-order valence-corrected chi connectivity index (χ3v) is 4.38. The lowest BCUT2D eigenvalue weighted by Crippen LogP contribution is -2.26. The molecule has 0 aliphatic carbocycles. The Morgan fingerprint density at radius 1 is 1.48 bits per heavy atom. The van der Waals surface area contributed by atoms with E-state index in [0.717, 1.165) is 14.9 Å². The number of aliphatic hydroxyl groups is 1. The molecule has 0 aliphatic rings. The molecule has 2 N–H and O–H groups in total. The van der Waals surface area contributed by atoms with Crippen molar-refractivity contribution in [2.45, 2.75) is 13.0 Å². The van der Waals surface area contributed by atoms with Gasteiger partial charge in [-0.25, -0.2) is 0 Å². The van der Waals surface area contributed by atoms with Gasteiger partial charge in [-0.2, -0.15) is 0 Å². The van der Waals surface area contributed by atoms with Crippen LogP contribution in [0.25, 0.3) is 0 Å². The van der Waals surface area contributed by atoms with Gasteiger partial charge in [0.05, 0.1) is 15.4 Å². The van der Waals surface area contributed by atoms with Crippen LogP contribution in [0.5, 0.6) is 0 Å². The Hall–Kier alpha value is -1.61. The molecule has 3 nitrogen and oxygen atoms in total. The average Bonchev–Trinajstić information content (AvgIpc) is 2.92. The quantitative estimate of drug-likeness (QED) is 0.821. The first-order chi connectivity index (χ1) is 10.1. The smallest absolute Gasteiger partial charge is 0.252 e. The molecule has 2 aromatic rings. The van der Waals surface area contributed by atoms with Gasteiger partial charge in [-0.3, -0.25) is 4.79 Å². The predicted molar refractivity (Wildman–Crippen MR) is 88.3 cm³/mol. The zero-order valence-corrected chi connectivity index (χ0v) is 13.8. The van der Waals surface area contributed by atoms with Gasteiger partial charge >= 0.3 is 0 Å². The molecule has 1 aromatic heterocycles. The maximum absolute atomic E-state index is 12.1. The molecule has 1 amide bonds. The number of carbonyl (C=O) groups excluding carboxylic acids is 1. The molecule has 5 heteroatoms. The van der Waals surface area contributed by atoms with E-state index < -0.39 is 0 Å². The fraction of sp³-hybridized carbons (Fsp3) is 0.188. The lowest BCUT2D eigenvalue weighted by atomic mass is 10.0. The van der Waals surface area contributed by atoms with Crippen molar-refractivity contribution in [1.29, 1.82) is 0 Å². The molecule has 0 radical (unpaired) electrons. The number of halogens is 1. The molecule has 1 heterocycles. The fourth-order valence-electron chi connectivity index (χ4n) is 1.82. The van der Waals surface area contributed by atoms with Crippen LogP contribution in [0.3, 0.4) is 0 Å². The standard InChI is InChI=1S/C16H14BrNO2S/c1-11(18-16(20)14-9-15(17)21-10-14)13-6-2-4-12(8-13)5-3-7-19/h2,4,6,8-11,19H,7H2,1H3,(H,18,20). The summed E-state index contributed by atoms with van der Waals surface area (Å²) in [4.78, 5) is 12.1. The Balaban J connectivity index is 2.09. The highest BCUT2D eigenvalue weighted by Crippen LogP contribution is 2.21. The minimum atomic E-state index is -0.163. The van der Waals surface area contributed by atoms with Crippen LogP contribution < -0.4 is 5.32 Å². The summed E-state index contributed by atoms with van der Waals surface area (Å²) in [6, 6.07) is 9.30. The van der Waals surface area contributed by atoms with Crippen molar-refractivity contribution in [3.05, 3.63) is 56.2 Å². The molecule has 21 heavy (non-hydrogen) atoms. The Morgan fingerprint density at radius 3 is 2.95 bits per heavy atom. The van der Waals surface area contributed by atoms with Gasteiger partial charge in [-0.1, -0.05) is 24.0 Å². The second kappa shape index (κ2) is 7.41. The van der Waals surface area contributed by atoms with Crippen molar-refractivity contribution in [2.75, 3.05) is 6.61 Å². The van der Waals surface area contributed by atoms with Gasteiger partial charge in [-0.05, 0) is 46.6 Å². The van der Waals surface area contributed by atoms with Crippen molar-refractivity contribution in [3.8, 4) is 11.8 Å². The van der Waals surface area contributed by atoms with Crippen molar-refractivity contribution in [3.63, 3.8) is 0 Å². The van der Waals surface area contributed by atoms with Crippen molar-refractivity contribution < 1.29 is 9.90 Å². The monoisotopic (exact) mass is 363 g/mol. The summed E-state index contributed by atoms with van der Waals surface area (Å²) in [5, 5.41) is 13.5. The van der Waals surface area contributed by atoms with E-state index in [0.29, 0.717) is 5.56 Å². The molecule has 1 aromatic carbocycles. The Morgan fingerprint density at radius 2 is 2.29 bits per heavy atom. The minimum absolute atomic E-state index is 0.101. The molecule has 1 atom stereocenters. The number of hydrogen-bond donors (Lipinski definition) is 2. The molecular weight excluding hydrogens is 350 g/mol. The molecular formula is C16H14BrNO2S. The highest BCUT2D eigenvalue weighted by molar-refractivity contribution is 9.11. The molecule has 0 fully saturated rings. The van der Waals surface area contributed by atoms with Crippen molar-refractivity contribution in [2.24, 2.45) is 0 Å². The van der Waals surface area contributed by atoms with Crippen molar-refractivity contribution in [1.82, 2.24) is 5.32 Å². The second-order valence-corrected chi connectivity index (χ2v) is 6.71. The Kier molecular flexibility index (Phi) is 5.57. The molecule has 1 unspecified atom stereocenters. The number of hydrogen-bond acceptors (Lipinski definition) is 3. The number of carbonyl (C=O) groups is 1. The van der Waals surface area contributed by atoms with E-state index in [-0.39, 0.29) is 18.6 Å². The average molecular weight is 364 g/mol. The highest BCUT2D eigenvalue weighted by Gasteiger charge is 2.12. The molecule has 0 saturated carbocycles. The van der Waals surface area contributed by atoms with E-state index in [1.165, 1.54) is 11.3 Å². The van der Waals surface area contributed by atoms with E-state index in [4.69, 9.17) is 5.11 Å². The molecule has 0 aliphatic heterocycles. The van der Waals surface area contributed by atoms with Crippen LogP contribution in [0.1, 0.15) is 34.5 Å². The summed E-state index contributed by atoms with van der Waals surface area (Å²) in [5.74, 6) is 5.37. The summed E-state index contributed by atoms with van der Waals surface area (Å²) in [6.45, 7) is 1.77. The Labute approximate surface area is 136 Å². The molecule has 0 saturated heterocycles. The van der Waals surface area contributed by atoms with Crippen molar-refractivity contribution >= 4 is 33.2 Å². The van der Waals surface area contributed by atoms with Gasteiger partial charge in [0.15, 0.2) is 0 Å². The van der Waals surface area contributed by atoms with E-state index in [1.54, 1.807) is 6.07 Å². The first-order valence-corrected chi connectivity index (χ1v) is 8.02. The van der Waals surface area contributed by atoms with Gasteiger partial charge in [0.25, 0.3) is 5.91 Å². The number of rotatable bonds is 3. The van der Waals surface area contributed by atoms with Crippen LogP contribution >= 0.6 is 27.3 Å². The van der Waals surface area contributed by atoms with Crippen LogP contribution in [0, 0.1) is 11.8 Å². The predicted octanol–water partition coefficient (Wildman–Crippen LogP) is 3.35. The van der Waals surface area contributed by atoms with Gasteiger partial charge in [-0.15, -0.1) is 11.3 Å². The number of amides is 1. The second-order valence-electron chi connectivity index (χ2n) is 4.42. The van der Waals surface area contributed by atoms with Crippen LogP contribution in [0.2, 0.25) is 0 Å². The molecule has 0 spiro atoms. The summed E-state index contributed by atoms with van der Waals surface area (Å²) in [6.07, 6.45) is 0. The normalized spacial score (nSPS) is 11.4. The highest BCUT2D eigenvalue weighted by atomic mass is 79.9. The van der Waals surface area contributed by atoms with Crippen LogP contribution in [-0.2, 0) is 0 Å². The maximum Gasteiger partial charge on any atom is 0.252 e. The molecule has 108 valence electrons. The van der Waals surface area contributed by atoms with E-state index in [1.807, 2.05) is 36.6 Å². The minimum Gasteiger partial charge on any atom is -0.384 e. The molecule has 0 bridgehead atoms. The lowest BCUT2D eigenvalue weighted by Gasteiger charge is -2.14. The van der Waals surface area contributed by atoms with E-state index >= 15 is 0 Å². The van der Waals surface area contributed by atoms with Crippen LogP contribution in [0.15, 0.2) is 39.5 Å². The third kappa shape index (κ3) is 4.43. The third-order valence-electron chi connectivity index (χ3n) is 2.88. The van der Waals surface area contributed by atoms with Crippen LogP contribution in [-0.4, -0.2) is 17.6 Å². The lowest BCUT2D eigenvalue weighted by molar-refractivity contribution is 0.0940. The summed E-state index contributed by atoms with van der Waals surface area (Å²) < 4.78 is 0.932. The largest absolute Gasteiger partial charge is 0.384 e. The first-order valence-electron chi connectivity index (χ1n) is 6.34. The number of aliphatic hydroxyl groups excluding tert-OH is 1. The van der Waals surface area contributed by atoms with Gasteiger partial charge < -0.3 is 10.4 Å². The Bertz CT molecular complexity index is 700. The zero-order valence-electron chi connectivity index (χ0n) is 11.4. The van der Waals surface area contributed by atoms with Gasteiger partial charge in [0, 0.05) is 10.9 Å². The van der Waals surface area contributed by atoms with E-state index in [9.17, 15) is 4.79 Å². The number of benzene rings is 1. The summed E-state index contributed by atoms with van der Waals surface area (Å²) >= 11 is 4.83. The summed E-state index contributed by atoms with van der Waals surface area (Å²) in [5.41, 5.74) is 2.44.